The minimum absolute atomic E-state index is 0.167. The van der Waals surface area contributed by atoms with Crippen LogP contribution < -0.4 is 5.73 Å². The number of nitrogens with two attached hydrogens (primary N) is 1. The molecule has 0 aliphatic heterocycles. The molecule has 0 spiro atoms. The monoisotopic (exact) mass is 202 g/mol. The summed E-state index contributed by atoms with van der Waals surface area (Å²) in [5.74, 6) is 0. The molecule has 2 aromatic rings. The van der Waals surface area contributed by atoms with Crippen molar-refractivity contribution in [3.05, 3.63) is 29.7 Å². The summed E-state index contributed by atoms with van der Waals surface area (Å²) >= 11 is 0. The third-order valence-corrected chi connectivity index (χ3v) is 3.07. The van der Waals surface area contributed by atoms with Gasteiger partial charge in [-0.25, -0.2) is 9.50 Å². The normalized spacial score (nSPS) is 18.3. The van der Waals surface area contributed by atoms with Crippen LogP contribution in [0.2, 0.25) is 0 Å². The van der Waals surface area contributed by atoms with E-state index in [2.05, 4.69) is 17.0 Å². The highest BCUT2D eigenvalue weighted by atomic mass is 15.3. The lowest BCUT2D eigenvalue weighted by atomic mass is 10.2. The Morgan fingerprint density at radius 1 is 1.53 bits per heavy atom. The van der Waals surface area contributed by atoms with Gasteiger partial charge in [0, 0.05) is 18.5 Å². The van der Waals surface area contributed by atoms with Gasteiger partial charge in [-0.2, -0.15) is 5.10 Å². The fourth-order valence-electron chi connectivity index (χ4n) is 1.73. The molecular weight excluding hydrogens is 188 g/mol. The summed E-state index contributed by atoms with van der Waals surface area (Å²) in [6.45, 7) is 2.11. The molecule has 15 heavy (non-hydrogen) atoms. The van der Waals surface area contributed by atoms with Gasteiger partial charge in [0.15, 0.2) is 5.65 Å². The van der Waals surface area contributed by atoms with Gasteiger partial charge in [-0.15, -0.1) is 0 Å². The van der Waals surface area contributed by atoms with Crippen molar-refractivity contribution >= 4 is 5.65 Å². The van der Waals surface area contributed by atoms with Crippen molar-refractivity contribution in [3.63, 3.8) is 0 Å². The van der Waals surface area contributed by atoms with Crippen LogP contribution in [-0.2, 0) is 12.0 Å². The average Bonchev–Trinajstić information content (AvgIpc) is 2.85. The average molecular weight is 202 g/mol. The minimum Gasteiger partial charge on any atom is -0.320 e. The number of aromatic nitrogens is 3. The molecular formula is C11H14N4. The van der Waals surface area contributed by atoms with Crippen molar-refractivity contribution in [1.29, 1.82) is 0 Å². The van der Waals surface area contributed by atoms with E-state index in [0.29, 0.717) is 0 Å². The van der Waals surface area contributed by atoms with Crippen molar-refractivity contribution in [1.82, 2.24) is 14.6 Å². The zero-order valence-electron chi connectivity index (χ0n) is 8.77. The molecule has 2 N–H and O–H groups in total. The molecule has 0 saturated heterocycles. The Kier molecular flexibility index (Phi) is 1.65. The molecule has 1 aliphatic rings. The van der Waals surface area contributed by atoms with E-state index in [9.17, 15) is 0 Å². The maximum Gasteiger partial charge on any atom is 0.155 e. The Hall–Kier alpha value is -1.42. The molecule has 2 heterocycles. The number of hydrogen-bond acceptors (Lipinski definition) is 3. The number of fused-ring (bicyclic) bond motifs is 1. The summed E-state index contributed by atoms with van der Waals surface area (Å²) in [6.07, 6.45) is 6.98. The molecule has 4 heteroatoms. The van der Waals surface area contributed by atoms with Crippen LogP contribution in [0.5, 0.6) is 0 Å². The van der Waals surface area contributed by atoms with Crippen molar-refractivity contribution in [2.45, 2.75) is 31.7 Å². The quantitative estimate of drug-likeness (QED) is 0.797. The van der Waals surface area contributed by atoms with E-state index in [4.69, 9.17) is 5.73 Å². The molecule has 2 aromatic heterocycles. The highest BCUT2D eigenvalue weighted by Gasteiger charge is 2.42. The van der Waals surface area contributed by atoms with Crippen LogP contribution in [0.4, 0.5) is 0 Å². The van der Waals surface area contributed by atoms with Gasteiger partial charge in [0.2, 0.25) is 0 Å². The highest BCUT2D eigenvalue weighted by Crippen LogP contribution is 2.41. The largest absolute Gasteiger partial charge is 0.320 e. The third kappa shape index (κ3) is 1.33. The lowest BCUT2D eigenvalue weighted by molar-refractivity contribution is 0.690. The van der Waals surface area contributed by atoms with Gasteiger partial charge in [-0.1, -0.05) is 6.92 Å². The van der Waals surface area contributed by atoms with Gasteiger partial charge in [0.05, 0.1) is 11.2 Å². The Morgan fingerprint density at radius 3 is 3.00 bits per heavy atom. The first-order valence-corrected chi connectivity index (χ1v) is 5.35. The Morgan fingerprint density at radius 2 is 2.33 bits per heavy atom. The van der Waals surface area contributed by atoms with E-state index in [1.165, 1.54) is 5.56 Å². The predicted molar refractivity (Wildman–Crippen MR) is 57.5 cm³/mol. The topological polar surface area (TPSA) is 56.2 Å². The first-order valence-electron chi connectivity index (χ1n) is 5.35. The number of aryl methyl sites for hydroxylation is 1. The summed E-state index contributed by atoms with van der Waals surface area (Å²) in [4.78, 5) is 4.36. The zero-order chi connectivity index (χ0) is 10.5. The van der Waals surface area contributed by atoms with E-state index < -0.39 is 0 Å². The second-order valence-electron chi connectivity index (χ2n) is 4.30. The summed E-state index contributed by atoms with van der Waals surface area (Å²) in [6, 6.07) is 1.99. The molecule has 0 unspecified atom stereocenters. The molecule has 0 atom stereocenters. The second-order valence-corrected chi connectivity index (χ2v) is 4.30. The molecule has 3 rings (SSSR count). The summed E-state index contributed by atoms with van der Waals surface area (Å²) in [5.41, 5.74) is 8.99. The molecule has 0 radical (unpaired) electrons. The Labute approximate surface area is 88.1 Å². The van der Waals surface area contributed by atoms with Crippen LogP contribution in [0, 0.1) is 0 Å². The molecule has 1 saturated carbocycles. The first kappa shape index (κ1) is 8.85. The molecule has 0 amide bonds. The lowest BCUT2D eigenvalue weighted by Crippen LogP contribution is -2.19. The SMILES string of the molecule is CCc1cnc2cc(C3(N)CC3)nn2c1. The van der Waals surface area contributed by atoms with Crippen LogP contribution in [0.1, 0.15) is 31.0 Å². The van der Waals surface area contributed by atoms with Crippen LogP contribution in [-0.4, -0.2) is 14.6 Å². The molecule has 4 nitrogen and oxygen atoms in total. The van der Waals surface area contributed by atoms with Gasteiger partial charge < -0.3 is 5.73 Å². The summed E-state index contributed by atoms with van der Waals surface area (Å²) < 4.78 is 1.83. The number of hydrogen-bond donors (Lipinski definition) is 1. The maximum absolute atomic E-state index is 6.10. The summed E-state index contributed by atoms with van der Waals surface area (Å²) in [5, 5.41) is 4.48. The van der Waals surface area contributed by atoms with Gasteiger partial charge in [0.25, 0.3) is 0 Å². The van der Waals surface area contributed by atoms with Crippen LogP contribution >= 0.6 is 0 Å². The fraction of sp³-hybridized carbons (Fsp3) is 0.455. The number of nitrogens with zero attached hydrogens (tertiary/aromatic N) is 3. The molecule has 0 aromatic carbocycles. The first-order chi connectivity index (χ1) is 7.21. The van der Waals surface area contributed by atoms with Crippen molar-refractivity contribution in [2.75, 3.05) is 0 Å². The van der Waals surface area contributed by atoms with E-state index in [1.54, 1.807) is 0 Å². The number of rotatable bonds is 2. The van der Waals surface area contributed by atoms with E-state index in [1.807, 2.05) is 23.0 Å². The molecule has 0 bridgehead atoms. The van der Waals surface area contributed by atoms with Crippen molar-refractivity contribution in [2.24, 2.45) is 5.73 Å². The zero-order valence-corrected chi connectivity index (χ0v) is 8.77. The van der Waals surface area contributed by atoms with E-state index in [0.717, 1.165) is 30.6 Å². The predicted octanol–water partition coefficient (Wildman–Crippen LogP) is 1.24. The Bertz CT molecular complexity index is 510. The minimum atomic E-state index is -0.167. The van der Waals surface area contributed by atoms with Gasteiger partial charge >= 0.3 is 0 Å². The fourth-order valence-corrected chi connectivity index (χ4v) is 1.73. The Balaban J connectivity index is 2.13. The third-order valence-electron chi connectivity index (χ3n) is 3.07. The summed E-state index contributed by atoms with van der Waals surface area (Å²) in [7, 11) is 0. The van der Waals surface area contributed by atoms with E-state index in [-0.39, 0.29) is 5.54 Å². The molecule has 1 fully saturated rings. The maximum atomic E-state index is 6.10. The van der Waals surface area contributed by atoms with Gasteiger partial charge in [-0.3, -0.25) is 0 Å². The van der Waals surface area contributed by atoms with Gasteiger partial charge in [0.1, 0.15) is 0 Å². The molecule has 78 valence electrons. The lowest BCUT2D eigenvalue weighted by Gasteiger charge is -2.00. The standard InChI is InChI=1S/C11H14N4/c1-2-8-6-13-10-5-9(11(12)3-4-11)14-15(10)7-8/h5-7H,2-4,12H2,1H3. The van der Waals surface area contributed by atoms with Crippen molar-refractivity contribution < 1.29 is 0 Å². The van der Waals surface area contributed by atoms with Crippen LogP contribution in [0.25, 0.3) is 5.65 Å². The van der Waals surface area contributed by atoms with E-state index >= 15 is 0 Å². The smallest absolute Gasteiger partial charge is 0.155 e. The molecule has 1 aliphatic carbocycles. The second kappa shape index (κ2) is 2.79. The van der Waals surface area contributed by atoms with Crippen LogP contribution in [0.3, 0.4) is 0 Å². The van der Waals surface area contributed by atoms with Crippen molar-refractivity contribution in [3.8, 4) is 0 Å². The highest BCUT2D eigenvalue weighted by molar-refractivity contribution is 5.42. The van der Waals surface area contributed by atoms with Gasteiger partial charge in [-0.05, 0) is 24.8 Å². The van der Waals surface area contributed by atoms with Crippen LogP contribution in [0.15, 0.2) is 18.5 Å².